The van der Waals surface area contributed by atoms with E-state index in [1.165, 1.54) is 0 Å². The van der Waals surface area contributed by atoms with Crippen LogP contribution in [0.3, 0.4) is 0 Å². The van der Waals surface area contributed by atoms with Gasteiger partial charge >= 0.3 is 0 Å². The second-order valence-electron chi connectivity index (χ2n) is 2.43. The molecule has 3 nitrogen and oxygen atoms in total. The number of pyridine rings is 1. The fourth-order valence-electron chi connectivity index (χ4n) is 1.03. The van der Waals surface area contributed by atoms with Gasteiger partial charge < -0.3 is 0 Å². The molecule has 66 valence electrons. The molecule has 2 rings (SSSR count). The molecular formula is C8H5BrClN3. The molecule has 0 atom stereocenters. The highest BCUT2D eigenvalue weighted by molar-refractivity contribution is 9.10. The number of aromatic amines is 1. The molecule has 2 aromatic rings. The zero-order valence-corrected chi connectivity index (χ0v) is 8.80. The molecule has 0 unspecified atom stereocenters. The maximum absolute atomic E-state index is 5.91. The molecule has 13 heavy (non-hydrogen) atoms. The number of aromatic nitrogens is 3. The summed E-state index contributed by atoms with van der Waals surface area (Å²) in [7, 11) is 0. The van der Waals surface area contributed by atoms with Gasteiger partial charge in [0.05, 0.1) is 16.4 Å². The summed E-state index contributed by atoms with van der Waals surface area (Å²) in [5, 5.41) is 7.19. The molecule has 1 N–H and O–H groups in total. The lowest BCUT2D eigenvalue weighted by molar-refractivity contribution is 1.09. The van der Waals surface area contributed by atoms with Gasteiger partial charge in [0.15, 0.2) is 0 Å². The van der Waals surface area contributed by atoms with Crippen LogP contribution in [0.5, 0.6) is 0 Å². The summed E-state index contributed by atoms with van der Waals surface area (Å²) in [6.45, 7) is 0. The molecule has 2 heterocycles. The third-order valence-electron chi connectivity index (χ3n) is 1.62. The van der Waals surface area contributed by atoms with E-state index in [4.69, 9.17) is 11.6 Å². The average Bonchev–Trinajstić information content (AvgIpc) is 2.52. The molecule has 0 fully saturated rings. The molecule has 0 bridgehead atoms. The number of hydrogen-bond donors (Lipinski definition) is 1. The summed E-state index contributed by atoms with van der Waals surface area (Å²) in [6.07, 6.45) is 3.33. The van der Waals surface area contributed by atoms with E-state index >= 15 is 0 Å². The van der Waals surface area contributed by atoms with Crippen LogP contribution in [0, 0.1) is 0 Å². The Balaban J connectivity index is 2.59. The lowest BCUT2D eigenvalue weighted by Gasteiger charge is -1.99. The lowest BCUT2D eigenvalue weighted by Crippen LogP contribution is -1.83. The summed E-state index contributed by atoms with van der Waals surface area (Å²) in [4.78, 5) is 3.97. The molecular weight excluding hydrogens is 253 g/mol. The molecule has 0 aliphatic carbocycles. The molecule has 0 saturated carbocycles. The number of nitrogens with one attached hydrogen (secondary N) is 1. The third-order valence-corrected chi connectivity index (χ3v) is 2.52. The Morgan fingerprint density at radius 1 is 1.46 bits per heavy atom. The predicted octanol–water partition coefficient (Wildman–Crippen LogP) is 2.89. The number of rotatable bonds is 1. The van der Waals surface area contributed by atoms with Crippen molar-refractivity contribution in [1.82, 2.24) is 15.2 Å². The summed E-state index contributed by atoms with van der Waals surface area (Å²) >= 11 is 9.26. The van der Waals surface area contributed by atoms with Crippen molar-refractivity contribution < 1.29 is 0 Å². The van der Waals surface area contributed by atoms with E-state index in [9.17, 15) is 0 Å². The minimum atomic E-state index is 0.465. The minimum Gasteiger partial charge on any atom is -0.277 e. The highest BCUT2D eigenvalue weighted by Gasteiger charge is 2.08. The molecule has 0 spiro atoms. The topological polar surface area (TPSA) is 41.6 Å². The van der Waals surface area contributed by atoms with Crippen molar-refractivity contribution in [2.45, 2.75) is 0 Å². The fourth-order valence-corrected chi connectivity index (χ4v) is 1.65. The molecule has 0 radical (unpaired) electrons. The van der Waals surface area contributed by atoms with E-state index in [-0.39, 0.29) is 0 Å². The van der Waals surface area contributed by atoms with E-state index < -0.39 is 0 Å². The maximum atomic E-state index is 5.91. The Hall–Kier alpha value is -0.870. The largest absolute Gasteiger partial charge is 0.277 e. The minimum absolute atomic E-state index is 0.465. The van der Waals surface area contributed by atoms with Crippen molar-refractivity contribution in [2.24, 2.45) is 0 Å². The van der Waals surface area contributed by atoms with E-state index in [1.54, 1.807) is 12.4 Å². The zero-order valence-electron chi connectivity index (χ0n) is 6.46. The van der Waals surface area contributed by atoms with Crippen molar-refractivity contribution in [2.75, 3.05) is 0 Å². The van der Waals surface area contributed by atoms with Crippen LogP contribution in [0.25, 0.3) is 11.3 Å². The highest BCUT2D eigenvalue weighted by atomic mass is 79.9. The molecule has 0 aromatic carbocycles. The van der Waals surface area contributed by atoms with Crippen LogP contribution in [0.1, 0.15) is 0 Å². The highest BCUT2D eigenvalue weighted by Crippen LogP contribution is 2.29. The number of hydrogen-bond acceptors (Lipinski definition) is 2. The predicted molar refractivity (Wildman–Crippen MR) is 54.5 cm³/mol. The molecule has 5 heteroatoms. The van der Waals surface area contributed by atoms with Crippen molar-refractivity contribution in [3.63, 3.8) is 0 Å². The first-order valence-electron chi connectivity index (χ1n) is 3.59. The van der Waals surface area contributed by atoms with Crippen molar-refractivity contribution in [3.05, 3.63) is 34.2 Å². The smallest absolute Gasteiger partial charge is 0.138 e. The summed E-state index contributed by atoms with van der Waals surface area (Å²) in [6, 6.07) is 3.71. The number of nitrogens with zero attached hydrogens (tertiary/aromatic N) is 2. The summed E-state index contributed by atoms with van der Waals surface area (Å²) < 4.78 is 0.877. The fraction of sp³-hybridized carbons (Fsp3) is 0. The van der Waals surface area contributed by atoms with Gasteiger partial charge in [-0.1, -0.05) is 11.6 Å². The van der Waals surface area contributed by atoms with Crippen LogP contribution < -0.4 is 0 Å². The Morgan fingerprint density at radius 2 is 2.31 bits per heavy atom. The Bertz CT molecular complexity index is 427. The second kappa shape index (κ2) is 3.47. The van der Waals surface area contributed by atoms with Gasteiger partial charge in [0.25, 0.3) is 0 Å². The first-order chi connectivity index (χ1) is 6.29. The molecule has 2 aromatic heterocycles. The monoisotopic (exact) mass is 257 g/mol. The van der Waals surface area contributed by atoms with Crippen molar-refractivity contribution in [3.8, 4) is 11.3 Å². The van der Waals surface area contributed by atoms with Crippen molar-refractivity contribution in [1.29, 1.82) is 0 Å². The van der Waals surface area contributed by atoms with E-state index in [0.717, 1.165) is 15.7 Å². The number of halogens is 2. The van der Waals surface area contributed by atoms with Crippen LogP contribution in [0.2, 0.25) is 5.15 Å². The van der Waals surface area contributed by atoms with E-state index in [1.807, 2.05) is 12.1 Å². The standard InChI is InChI=1S/C8H5BrClN3/c9-6-4-12-13-7(6)5-2-1-3-11-8(5)10/h1-4H,(H,12,13). The van der Waals surface area contributed by atoms with Crippen LogP contribution in [-0.4, -0.2) is 15.2 Å². The Kier molecular flexibility index (Phi) is 2.33. The van der Waals surface area contributed by atoms with Gasteiger partial charge in [-0.3, -0.25) is 5.10 Å². The summed E-state index contributed by atoms with van der Waals surface area (Å²) in [5.74, 6) is 0. The van der Waals surface area contributed by atoms with E-state index in [2.05, 4.69) is 31.1 Å². The van der Waals surface area contributed by atoms with Gasteiger partial charge in [0.1, 0.15) is 5.15 Å². The second-order valence-corrected chi connectivity index (χ2v) is 3.65. The molecule has 0 saturated heterocycles. The quantitative estimate of drug-likeness (QED) is 0.799. The normalized spacial score (nSPS) is 10.3. The SMILES string of the molecule is Clc1ncccc1-c1[nH]ncc1Br. The number of H-pyrrole nitrogens is 1. The lowest BCUT2D eigenvalue weighted by atomic mass is 10.2. The van der Waals surface area contributed by atoms with Crippen LogP contribution in [0.4, 0.5) is 0 Å². The molecule has 0 aliphatic rings. The van der Waals surface area contributed by atoms with E-state index in [0.29, 0.717) is 5.15 Å². The van der Waals surface area contributed by atoms with Gasteiger partial charge in [0, 0.05) is 11.8 Å². The first kappa shape index (κ1) is 8.72. The summed E-state index contributed by atoms with van der Waals surface area (Å²) in [5.41, 5.74) is 1.69. The van der Waals surface area contributed by atoms with Crippen LogP contribution >= 0.6 is 27.5 Å². The van der Waals surface area contributed by atoms with Crippen LogP contribution in [0.15, 0.2) is 29.0 Å². The third kappa shape index (κ3) is 1.59. The van der Waals surface area contributed by atoms with Crippen LogP contribution in [-0.2, 0) is 0 Å². The molecule has 0 aliphatic heterocycles. The van der Waals surface area contributed by atoms with Gasteiger partial charge in [-0.05, 0) is 28.1 Å². The van der Waals surface area contributed by atoms with Crippen molar-refractivity contribution >= 4 is 27.5 Å². The Labute approximate surface area is 88.3 Å². The zero-order chi connectivity index (χ0) is 9.26. The Morgan fingerprint density at radius 3 is 2.92 bits per heavy atom. The van der Waals surface area contributed by atoms with Gasteiger partial charge in [0.2, 0.25) is 0 Å². The average molecular weight is 259 g/mol. The van der Waals surface area contributed by atoms with Gasteiger partial charge in [-0.25, -0.2) is 4.98 Å². The van der Waals surface area contributed by atoms with Gasteiger partial charge in [-0.15, -0.1) is 0 Å². The van der Waals surface area contributed by atoms with Gasteiger partial charge in [-0.2, -0.15) is 5.10 Å². The maximum Gasteiger partial charge on any atom is 0.138 e. The first-order valence-corrected chi connectivity index (χ1v) is 4.76. The molecule has 0 amide bonds.